The molecule has 1 saturated carbocycles. The molecule has 0 amide bonds. The molecule has 36 heavy (non-hydrogen) atoms. The number of benzene rings is 2. The fourth-order valence-electron chi connectivity index (χ4n) is 5.55. The van der Waals surface area contributed by atoms with E-state index in [1.54, 1.807) is 30.5 Å². The molecule has 1 fully saturated rings. The van der Waals surface area contributed by atoms with Crippen molar-refractivity contribution in [2.45, 2.75) is 43.0 Å². The highest BCUT2D eigenvalue weighted by molar-refractivity contribution is 8.22. The summed E-state index contributed by atoms with van der Waals surface area (Å²) in [6, 6.07) is 14.7. The zero-order valence-electron chi connectivity index (χ0n) is 20.3. The van der Waals surface area contributed by atoms with Crippen LogP contribution >= 0.6 is 22.4 Å². The van der Waals surface area contributed by atoms with Crippen LogP contribution in [0.5, 0.6) is 0 Å². The van der Waals surface area contributed by atoms with Gasteiger partial charge >= 0.3 is 5.97 Å². The van der Waals surface area contributed by atoms with Gasteiger partial charge in [-0.05, 0) is 49.1 Å². The van der Waals surface area contributed by atoms with Gasteiger partial charge in [0.2, 0.25) is 0 Å². The van der Waals surface area contributed by atoms with Crippen LogP contribution in [0.25, 0.3) is 11.3 Å². The molecule has 5 rings (SSSR count). The number of halogens is 1. The summed E-state index contributed by atoms with van der Waals surface area (Å²) in [5.41, 5.74) is 2.46. The van der Waals surface area contributed by atoms with Crippen molar-refractivity contribution >= 4 is 39.7 Å². The quantitative estimate of drug-likeness (QED) is 0.354. The number of nitrogens with zero attached hydrogens (tertiary/aromatic N) is 4. The fraction of sp³-hybridized carbons (Fsp3) is 0.385. The van der Waals surface area contributed by atoms with Crippen molar-refractivity contribution < 1.29 is 19.0 Å². The van der Waals surface area contributed by atoms with Crippen LogP contribution in [0.4, 0.5) is 11.4 Å². The van der Waals surface area contributed by atoms with Crippen molar-refractivity contribution in [2.24, 2.45) is 13.0 Å². The molecule has 0 bridgehead atoms. The molecule has 3 N–H and O–H groups in total. The molecule has 192 valence electrons. The molecule has 1 aliphatic heterocycles. The Labute approximate surface area is 217 Å². The summed E-state index contributed by atoms with van der Waals surface area (Å²) in [6.45, 7) is 0.596. The standard InChI is InChI=1S/C26H31ClN4O4S/c1-29-22(15-21(28-29)26(32)33)19-13-25-23(14-20(19)27)31(18-11-7-4-8-12-18)16-24(30(2)36(25,34)35)17-9-5-3-6-10-17/h4,7-8,11-15,17,24,34-35H,3,5-6,9-10,16H2,1-2H3,(H,32,33). The average molecular weight is 531 g/mol. The Kier molecular flexibility index (Phi) is 6.78. The average Bonchev–Trinajstić information content (AvgIpc) is 3.23. The van der Waals surface area contributed by atoms with Crippen LogP contribution in [0.15, 0.2) is 53.4 Å². The number of para-hydroxylation sites is 1. The summed E-state index contributed by atoms with van der Waals surface area (Å²) in [7, 11) is 0.0623. The van der Waals surface area contributed by atoms with E-state index in [1.807, 2.05) is 30.3 Å². The highest BCUT2D eigenvalue weighted by Crippen LogP contribution is 2.60. The van der Waals surface area contributed by atoms with Gasteiger partial charge in [0.1, 0.15) is 0 Å². The molecule has 1 atom stereocenters. The Morgan fingerprint density at radius 3 is 2.39 bits per heavy atom. The number of hydrogen-bond acceptors (Lipinski definition) is 6. The molecule has 1 aromatic heterocycles. The van der Waals surface area contributed by atoms with E-state index in [2.05, 4.69) is 10.00 Å². The van der Waals surface area contributed by atoms with Crippen LogP contribution in [0.1, 0.15) is 42.6 Å². The first-order valence-corrected chi connectivity index (χ1v) is 14.0. The van der Waals surface area contributed by atoms with E-state index in [0.717, 1.165) is 31.4 Å². The Hall–Kier alpha value is -2.56. The summed E-state index contributed by atoms with van der Waals surface area (Å²) in [5.74, 6) is -0.794. The second kappa shape index (κ2) is 9.72. The lowest BCUT2D eigenvalue weighted by atomic mass is 9.83. The number of rotatable bonds is 4. The number of fused-ring (bicyclic) bond motifs is 1. The van der Waals surface area contributed by atoms with Crippen molar-refractivity contribution in [1.29, 1.82) is 0 Å². The number of carbonyl (C=O) groups is 1. The van der Waals surface area contributed by atoms with Crippen LogP contribution in [-0.2, 0) is 7.05 Å². The number of likely N-dealkylation sites (N-methyl/N-ethyl adjacent to an activating group) is 1. The number of hydrogen-bond donors (Lipinski definition) is 3. The number of carboxylic acid groups (broad SMARTS) is 1. The van der Waals surface area contributed by atoms with Crippen molar-refractivity contribution in [3.05, 3.63) is 59.2 Å². The third-order valence-corrected chi connectivity index (χ3v) is 9.81. The third-order valence-electron chi connectivity index (χ3n) is 7.51. The van der Waals surface area contributed by atoms with Gasteiger partial charge < -0.3 is 10.0 Å². The van der Waals surface area contributed by atoms with Gasteiger partial charge in [0, 0.05) is 37.9 Å². The van der Waals surface area contributed by atoms with Gasteiger partial charge in [0.15, 0.2) is 5.69 Å². The molecule has 0 radical (unpaired) electrons. The topological polar surface area (TPSA) is 102 Å². The summed E-state index contributed by atoms with van der Waals surface area (Å²) >= 11 is 6.79. The maximum Gasteiger partial charge on any atom is 0.356 e. The SMILES string of the molecule is CN1C(C2CCCCC2)CN(c2ccccc2)c2cc(Cl)c(-c3cc(C(=O)O)nn3C)cc2S1(O)O. The van der Waals surface area contributed by atoms with Crippen LogP contribution in [-0.4, -0.2) is 53.9 Å². The minimum atomic E-state index is -3.38. The van der Waals surface area contributed by atoms with Gasteiger partial charge in [-0.3, -0.25) is 13.8 Å². The van der Waals surface area contributed by atoms with Gasteiger partial charge in [0.25, 0.3) is 0 Å². The van der Waals surface area contributed by atoms with Crippen molar-refractivity contribution in [1.82, 2.24) is 14.1 Å². The zero-order chi connectivity index (χ0) is 25.6. The van der Waals surface area contributed by atoms with Crippen LogP contribution in [0.3, 0.4) is 0 Å². The molecule has 0 spiro atoms. The molecule has 2 heterocycles. The van der Waals surface area contributed by atoms with Gasteiger partial charge in [-0.1, -0.05) is 49.1 Å². The second-order valence-corrected chi connectivity index (χ2v) is 12.1. The molecular weight excluding hydrogens is 500 g/mol. The van der Waals surface area contributed by atoms with E-state index < -0.39 is 16.7 Å². The lowest BCUT2D eigenvalue weighted by molar-refractivity contribution is 0.0689. The molecule has 10 heteroatoms. The van der Waals surface area contributed by atoms with E-state index >= 15 is 0 Å². The highest BCUT2D eigenvalue weighted by Gasteiger charge is 2.41. The molecule has 0 saturated heterocycles. The first kappa shape index (κ1) is 25.1. The van der Waals surface area contributed by atoms with E-state index in [9.17, 15) is 19.0 Å². The number of carboxylic acids is 1. The zero-order valence-corrected chi connectivity index (χ0v) is 21.9. The maximum atomic E-state index is 11.7. The predicted molar refractivity (Wildman–Crippen MR) is 143 cm³/mol. The molecule has 3 aromatic rings. The Morgan fingerprint density at radius 1 is 1.06 bits per heavy atom. The van der Waals surface area contributed by atoms with Crippen molar-refractivity contribution in [3.8, 4) is 11.3 Å². The van der Waals surface area contributed by atoms with E-state index in [4.69, 9.17) is 11.6 Å². The lowest BCUT2D eigenvalue weighted by Crippen LogP contribution is -2.45. The summed E-state index contributed by atoms with van der Waals surface area (Å²) in [5, 5.41) is 13.8. The number of aromatic carboxylic acids is 1. The normalized spacial score (nSPS) is 21.6. The first-order chi connectivity index (χ1) is 17.2. The monoisotopic (exact) mass is 530 g/mol. The molecular formula is C26H31ClN4O4S. The van der Waals surface area contributed by atoms with Crippen LogP contribution < -0.4 is 4.90 Å². The Balaban J connectivity index is 1.70. The third kappa shape index (κ3) is 4.39. The molecule has 1 aliphatic carbocycles. The minimum Gasteiger partial charge on any atom is -0.476 e. The molecule has 2 aromatic carbocycles. The molecule has 1 unspecified atom stereocenters. The maximum absolute atomic E-state index is 11.7. The lowest BCUT2D eigenvalue weighted by Gasteiger charge is -2.46. The molecule has 2 aliphatic rings. The van der Waals surface area contributed by atoms with Crippen molar-refractivity contribution in [3.63, 3.8) is 0 Å². The van der Waals surface area contributed by atoms with E-state index in [-0.39, 0.29) is 11.7 Å². The van der Waals surface area contributed by atoms with Crippen LogP contribution in [0, 0.1) is 5.92 Å². The van der Waals surface area contributed by atoms with Crippen molar-refractivity contribution in [2.75, 3.05) is 18.5 Å². The first-order valence-electron chi connectivity index (χ1n) is 12.1. The highest BCUT2D eigenvalue weighted by atomic mass is 35.5. The largest absolute Gasteiger partial charge is 0.476 e. The smallest absolute Gasteiger partial charge is 0.356 e. The summed E-state index contributed by atoms with van der Waals surface area (Å²) in [4.78, 5) is 14.0. The summed E-state index contributed by atoms with van der Waals surface area (Å²) in [6.07, 6.45) is 5.63. The Morgan fingerprint density at radius 2 is 1.75 bits per heavy atom. The van der Waals surface area contributed by atoms with Gasteiger partial charge in [0.05, 0.1) is 21.3 Å². The fourth-order valence-corrected chi connectivity index (χ4v) is 7.46. The second-order valence-electron chi connectivity index (χ2n) is 9.62. The molecule has 8 nitrogen and oxygen atoms in total. The number of anilines is 2. The summed E-state index contributed by atoms with van der Waals surface area (Å²) < 4.78 is 26.7. The van der Waals surface area contributed by atoms with Gasteiger partial charge in [-0.15, -0.1) is 10.8 Å². The van der Waals surface area contributed by atoms with Gasteiger partial charge in [-0.25, -0.2) is 4.79 Å². The number of aryl methyl sites for hydroxylation is 1. The van der Waals surface area contributed by atoms with E-state index in [0.29, 0.717) is 39.3 Å². The van der Waals surface area contributed by atoms with E-state index in [1.165, 1.54) is 17.2 Å². The Bertz CT molecular complexity index is 1280. The predicted octanol–water partition coefficient (Wildman–Crippen LogP) is 6.50. The van der Waals surface area contributed by atoms with Gasteiger partial charge in [-0.2, -0.15) is 9.40 Å². The minimum absolute atomic E-state index is 0.0690. The number of aromatic nitrogens is 2. The van der Waals surface area contributed by atoms with Crippen LogP contribution in [0.2, 0.25) is 5.02 Å².